The van der Waals surface area contributed by atoms with Gasteiger partial charge in [-0.15, -0.1) is 0 Å². The summed E-state index contributed by atoms with van der Waals surface area (Å²) in [5, 5.41) is 13.8. The highest BCUT2D eigenvalue weighted by Gasteiger charge is 2.14. The molecule has 1 aromatic heterocycles. The third-order valence-corrected chi connectivity index (χ3v) is 2.31. The number of nitro groups is 1. The molecular formula is C12H19N3O3. The maximum Gasteiger partial charge on any atom is 0.311 e. The van der Waals surface area contributed by atoms with Crippen molar-refractivity contribution in [3.05, 3.63) is 27.9 Å². The van der Waals surface area contributed by atoms with Gasteiger partial charge >= 0.3 is 5.69 Å². The Bertz CT molecular complexity index is 396. The molecule has 6 nitrogen and oxygen atoms in total. The third-order valence-electron chi connectivity index (χ3n) is 2.31. The summed E-state index contributed by atoms with van der Waals surface area (Å²) in [7, 11) is 0. The molecule has 0 aliphatic heterocycles. The van der Waals surface area contributed by atoms with Gasteiger partial charge in [0, 0.05) is 32.0 Å². The van der Waals surface area contributed by atoms with E-state index in [4.69, 9.17) is 4.74 Å². The molecule has 0 spiro atoms. The number of pyridine rings is 1. The zero-order valence-electron chi connectivity index (χ0n) is 10.8. The van der Waals surface area contributed by atoms with Gasteiger partial charge in [-0.05, 0) is 25.3 Å². The minimum absolute atomic E-state index is 0.0180. The highest BCUT2D eigenvalue weighted by Crippen LogP contribution is 2.22. The summed E-state index contributed by atoms with van der Waals surface area (Å²) >= 11 is 0. The maximum atomic E-state index is 10.8. The average molecular weight is 253 g/mol. The molecule has 0 atom stereocenters. The van der Waals surface area contributed by atoms with Crippen LogP contribution in [0.5, 0.6) is 0 Å². The van der Waals surface area contributed by atoms with Crippen LogP contribution in [0, 0.1) is 17.0 Å². The van der Waals surface area contributed by atoms with Crippen molar-refractivity contribution in [2.75, 3.05) is 25.1 Å². The van der Waals surface area contributed by atoms with E-state index in [-0.39, 0.29) is 5.69 Å². The van der Waals surface area contributed by atoms with Crippen LogP contribution in [0.2, 0.25) is 0 Å². The topological polar surface area (TPSA) is 77.3 Å². The summed E-state index contributed by atoms with van der Waals surface area (Å²) in [6.07, 6.45) is 3.41. The molecule has 100 valence electrons. The molecule has 0 unspecified atom stereocenters. The molecule has 0 radical (unpaired) electrons. The fourth-order valence-corrected chi connectivity index (χ4v) is 1.46. The van der Waals surface area contributed by atoms with Crippen molar-refractivity contribution >= 4 is 11.5 Å². The van der Waals surface area contributed by atoms with Gasteiger partial charge in [-0.2, -0.15) is 0 Å². The standard InChI is InChI=1S/C12H19N3O3/c1-3-6-18-7-4-5-13-12-11(15(16)17)8-10(2)9-14-12/h8-9H,3-7H2,1-2H3,(H,13,14). The molecule has 1 rings (SSSR count). The lowest BCUT2D eigenvalue weighted by atomic mass is 10.3. The Morgan fingerprint density at radius 1 is 1.50 bits per heavy atom. The van der Waals surface area contributed by atoms with Crippen molar-refractivity contribution in [3.63, 3.8) is 0 Å². The second-order valence-corrected chi connectivity index (χ2v) is 4.03. The summed E-state index contributed by atoms with van der Waals surface area (Å²) in [5.41, 5.74) is 0.794. The first-order valence-corrected chi connectivity index (χ1v) is 6.07. The molecule has 0 saturated carbocycles. The van der Waals surface area contributed by atoms with E-state index in [1.807, 2.05) is 0 Å². The lowest BCUT2D eigenvalue weighted by molar-refractivity contribution is -0.384. The zero-order valence-corrected chi connectivity index (χ0v) is 10.8. The molecule has 18 heavy (non-hydrogen) atoms. The van der Waals surface area contributed by atoms with Crippen LogP contribution in [0.3, 0.4) is 0 Å². The summed E-state index contributed by atoms with van der Waals surface area (Å²) in [5.74, 6) is 0.320. The van der Waals surface area contributed by atoms with Crippen molar-refractivity contribution in [2.24, 2.45) is 0 Å². The van der Waals surface area contributed by atoms with Crippen LogP contribution in [0.4, 0.5) is 11.5 Å². The van der Waals surface area contributed by atoms with Crippen LogP contribution in [0.1, 0.15) is 25.3 Å². The van der Waals surface area contributed by atoms with Gasteiger partial charge in [-0.1, -0.05) is 6.92 Å². The third kappa shape index (κ3) is 4.67. The number of rotatable bonds is 8. The second-order valence-electron chi connectivity index (χ2n) is 4.03. The van der Waals surface area contributed by atoms with E-state index in [1.54, 1.807) is 13.1 Å². The van der Waals surface area contributed by atoms with Crippen molar-refractivity contribution in [2.45, 2.75) is 26.7 Å². The number of hydrogen-bond acceptors (Lipinski definition) is 5. The monoisotopic (exact) mass is 253 g/mol. The molecule has 1 aromatic rings. The van der Waals surface area contributed by atoms with Crippen molar-refractivity contribution in [3.8, 4) is 0 Å². The van der Waals surface area contributed by atoms with Gasteiger partial charge in [-0.3, -0.25) is 10.1 Å². The van der Waals surface area contributed by atoms with Gasteiger partial charge in [0.2, 0.25) is 5.82 Å². The van der Waals surface area contributed by atoms with Gasteiger partial charge in [0.25, 0.3) is 0 Å². The van der Waals surface area contributed by atoms with E-state index in [1.165, 1.54) is 6.07 Å². The number of nitrogens with zero attached hydrogens (tertiary/aromatic N) is 2. The van der Waals surface area contributed by atoms with Crippen LogP contribution < -0.4 is 5.32 Å². The van der Waals surface area contributed by atoms with Gasteiger partial charge in [0.1, 0.15) is 0 Å². The minimum Gasteiger partial charge on any atom is -0.381 e. The molecule has 6 heteroatoms. The molecule has 0 aliphatic rings. The fraction of sp³-hybridized carbons (Fsp3) is 0.583. The predicted molar refractivity (Wildman–Crippen MR) is 69.8 cm³/mol. The number of anilines is 1. The van der Waals surface area contributed by atoms with E-state index < -0.39 is 4.92 Å². The van der Waals surface area contributed by atoms with Crippen LogP contribution >= 0.6 is 0 Å². The summed E-state index contributed by atoms with van der Waals surface area (Å²) < 4.78 is 5.32. The summed E-state index contributed by atoms with van der Waals surface area (Å²) in [6.45, 7) is 5.85. The van der Waals surface area contributed by atoms with Crippen LogP contribution in [0.15, 0.2) is 12.3 Å². The number of aryl methyl sites for hydroxylation is 1. The second kappa shape index (κ2) is 7.60. The fourth-order valence-electron chi connectivity index (χ4n) is 1.46. The van der Waals surface area contributed by atoms with Crippen molar-refractivity contribution < 1.29 is 9.66 Å². The number of ether oxygens (including phenoxy) is 1. The van der Waals surface area contributed by atoms with Gasteiger partial charge in [-0.25, -0.2) is 4.98 Å². The van der Waals surface area contributed by atoms with Crippen molar-refractivity contribution in [1.29, 1.82) is 0 Å². The molecule has 1 heterocycles. The van der Waals surface area contributed by atoms with Gasteiger partial charge < -0.3 is 10.1 Å². The Balaban J connectivity index is 2.44. The maximum absolute atomic E-state index is 10.8. The van der Waals surface area contributed by atoms with E-state index in [9.17, 15) is 10.1 Å². The smallest absolute Gasteiger partial charge is 0.311 e. The lowest BCUT2D eigenvalue weighted by Crippen LogP contribution is -2.09. The highest BCUT2D eigenvalue weighted by molar-refractivity contribution is 5.56. The van der Waals surface area contributed by atoms with E-state index in [0.29, 0.717) is 19.0 Å². The molecule has 0 aromatic carbocycles. The Morgan fingerprint density at radius 3 is 2.94 bits per heavy atom. The molecule has 0 bridgehead atoms. The van der Waals surface area contributed by atoms with Crippen LogP contribution in [-0.4, -0.2) is 29.7 Å². The predicted octanol–water partition coefficient (Wildman–Crippen LogP) is 2.53. The number of nitrogens with one attached hydrogen (secondary N) is 1. The molecule has 0 amide bonds. The molecular weight excluding hydrogens is 234 g/mol. The Hall–Kier alpha value is -1.69. The SMILES string of the molecule is CCCOCCCNc1ncc(C)cc1[N+](=O)[O-]. The highest BCUT2D eigenvalue weighted by atomic mass is 16.6. The Labute approximate surface area is 107 Å². The van der Waals surface area contributed by atoms with Crippen LogP contribution in [-0.2, 0) is 4.74 Å². The Morgan fingerprint density at radius 2 is 2.28 bits per heavy atom. The largest absolute Gasteiger partial charge is 0.381 e. The molecule has 0 aliphatic carbocycles. The van der Waals surface area contributed by atoms with Crippen molar-refractivity contribution in [1.82, 2.24) is 4.98 Å². The zero-order chi connectivity index (χ0) is 13.4. The molecule has 0 saturated heterocycles. The van der Waals surface area contributed by atoms with Gasteiger partial charge in [0.05, 0.1) is 4.92 Å². The lowest BCUT2D eigenvalue weighted by Gasteiger charge is -2.06. The summed E-state index contributed by atoms with van der Waals surface area (Å²) in [6, 6.07) is 1.52. The molecule has 1 N–H and O–H groups in total. The van der Waals surface area contributed by atoms with E-state index in [2.05, 4.69) is 17.2 Å². The first-order chi connectivity index (χ1) is 8.65. The minimum atomic E-state index is -0.421. The van der Waals surface area contributed by atoms with E-state index >= 15 is 0 Å². The first kappa shape index (κ1) is 14.4. The number of aromatic nitrogens is 1. The van der Waals surface area contributed by atoms with Gasteiger partial charge in [0.15, 0.2) is 0 Å². The normalized spacial score (nSPS) is 10.3. The van der Waals surface area contributed by atoms with Crippen LogP contribution in [0.25, 0.3) is 0 Å². The average Bonchev–Trinajstić information content (AvgIpc) is 2.35. The first-order valence-electron chi connectivity index (χ1n) is 6.07. The number of hydrogen-bond donors (Lipinski definition) is 1. The summed E-state index contributed by atoms with van der Waals surface area (Å²) in [4.78, 5) is 14.5. The van der Waals surface area contributed by atoms with E-state index in [0.717, 1.165) is 25.0 Å². The molecule has 0 fully saturated rings. The Kier molecular flexibility index (Phi) is 6.07. The quantitative estimate of drug-likeness (QED) is 0.437.